The van der Waals surface area contributed by atoms with Gasteiger partial charge in [-0.2, -0.15) is 0 Å². The van der Waals surface area contributed by atoms with Gasteiger partial charge in [-0.25, -0.2) is 0 Å². The van der Waals surface area contributed by atoms with Gasteiger partial charge in [-0.15, -0.1) is 0 Å². The van der Waals surface area contributed by atoms with Crippen molar-refractivity contribution in [2.45, 2.75) is 97.9 Å². The van der Waals surface area contributed by atoms with E-state index in [0.717, 1.165) is 13.0 Å². The van der Waals surface area contributed by atoms with Crippen LogP contribution in [0.25, 0.3) is 0 Å². The van der Waals surface area contributed by atoms with Gasteiger partial charge < -0.3 is 14.9 Å². The number of hydrogen-bond acceptors (Lipinski definition) is 2. The van der Waals surface area contributed by atoms with E-state index in [1.807, 2.05) is 0 Å². The second-order valence-corrected chi connectivity index (χ2v) is 5.40. The molecule has 0 saturated heterocycles. The molecule has 0 spiro atoms. The Labute approximate surface area is 120 Å². The molecule has 0 aromatic carbocycles. The molecule has 118 valence electrons. The summed E-state index contributed by atoms with van der Waals surface area (Å²) >= 11 is 0. The van der Waals surface area contributed by atoms with Crippen molar-refractivity contribution in [1.29, 1.82) is 0 Å². The summed E-state index contributed by atoms with van der Waals surface area (Å²) in [5.41, 5.74) is 0. The predicted molar refractivity (Wildman–Crippen MR) is 82.5 cm³/mol. The van der Waals surface area contributed by atoms with E-state index < -0.39 is 0 Å². The van der Waals surface area contributed by atoms with E-state index in [1.54, 1.807) is 0 Å². The van der Waals surface area contributed by atoms with Gasteiger partial charge in [0.05, 0.1) is 6.10 Å². The summed E-state index contributed by atoms with van der Waals surface area (Å²) in [6, 6.07) is 0. The van der Waals surface area contributed by atoms with Crippen molar-refractivity contribution >= 4 is 0 Å². The Hall–Kier alpha value is -0.120. The normalized spacial score (nSPS) is 12.5. The van der Waals surface area contributed by atoms with E-state index >= 15 is 0 Å². The molecule has 0 bridgehead atoms. The molecule has 1 unspecified atom stereocenters. The Morgan fingerprint density at radius 1 is 0.789 bits per heavy atom. The first-order valence-corrected chi connectivity index (χ1v) is 7.97. The molecule has 0 fully saturated rings. The van der Waals surface area contributed by atoms with Gasteiger partial charge in [-0.1, -0.05) is 52.4 Å². The van der Waals surface area contributed by atoms with Crippen LogP contribution >= 0.6 is 0 Å². The molecule has 0 radical (unpaired) electrons. The standard InChI is InChI=1S/C16H34O2.H2O/c1-5-7-9-11-13-16(18-15(3)4)17-14-12-10-8-6-2;/h15-16H,5-14H2,1-4H3;1H2. The van der Waals surface area contributed by atoms with Gasteiger partial charge in [0, 0.05) is 6.61 Å². The number of rotatable bonds is 13. The summed E-state index contributed by atoms with van der Waals surface area (Å²) < 4.78 is 11.7. The second-order valence-electron chi connectivity index (χ2n) is 5.40. The molecular formula is C16H36O3. The van der Waals surface area contributed by atoms with Crippen molar-refractivity contribution < 1.29 is 14.9 Å². The van der Waals surface area contributed by atoms with Gasteiger partial charge in [0.1, 0.15) is 0 Å². The molecule has 3 heteroatoms. The summed E-state index contributed by atoms with van der Waals surface area (Å²) in [7, 11) is 0. The maximum atomic E-state index is 5.86. The minimum absolute atomic E-state index is 0. The van der Waals surface area contributed by atoms with Gasteiger partial charge in [-0.3, -0.25) is 0 Å². The van der Waals surface area contributed by atoms with E-state index in [1.165, 1.54) is 51.4 Å². The Morgan fingerprint density at radius 2 is 1.37 bits per heavy atom. The summed E-state index contributed by atoms with van der Waals surface area (Å²) in [4.78, 5) is 0. The molecule has 0 aromatic heterocycles. The van der Waals surface area contributed by atoms with Crippen LogP contribution in [0.5, 0.6) is 0 Å². The van der Waals surface area contributed by atoms with Gasteiger partial charge >= 0.3 is 0 Å². The van der Waals surface area contributed by atoms with Crippen LogP contribution in [0.4, 0.5) is 0 Å². The van der Waals surface area contributed by atoms with Crippen molar-refractivity contribution in [3.05, 3.63) is 0 Å². The maximum Gasteiger partial charge on any atom is 0.157 e. The number of ether oxygens (including phenoxy) is 2. The third-order valence-electron chi connectivity index (χ3n) is 3.02. The summed E-state index contributed by atoms with van der Waals surface area (Å²) in [6.07, 6.45) is 11.5. The molecule has 0 aliphatic rings. The SMILES string of the molecule is CCCCCCOC(CCCCCC)OC(C)C.O. The van der Waals surface area contributed by atoms with E-state index in [4.69, 9.17) is 9.47 Å². The molecule has 0 aliphatic heterocycles. The molecule has 19 heavy (non-hydrogen) atoms. The van der Waals surface area contributed by atoms with Crippen molar-refractivity contribution in [2.24, 2.45) is 0 Å². The van der Waals surface area contributed by atoms with E-state index in [9.17, 15) is 0 Å². The third-order valence-corrected chi connectivity index (χ3v) is 3.02. The molecular weight excluding hydrogens is 240 g/mol. The molecule has 0 saturated carbocycles. The molecule has 0 heterocycles. The lowest BCUT2D eigenvalue weighted by Gasteiger charge is -2.21. The van der Waals surface area contributed by atoms with Gasteiger partial charge in [0.15, 0.2) is 6.29 Å². The van der Waals surface area contributed by atoms with Crippen LogP contribution in [0, 0.1) is 0 Å². The van der Waals surface area contributed by atoms with Crippen molar-refractivity contribution in [2.75, 3.05) is 6.61 Å². The van der Waals surface area contributed by atoms with Gasteiger partial charge in [0.2, 0.25) is 0 Å². The van der Waals surface area contributed by atoms with Crippen LogP contribution < -0.4 is 0 Å². The first-order valence-electron chi connectivity index (χ1n) is 7.97. The van der Waals surface area contributed by atoms with E-state index in [-0.39, 0.29) is 17.9 Å². The first kappa shape index (κ1) is 21.2. The van der Waals surface area contributed by atoms with Crippen LogP contribution in [0.1, 0.15) is 85.5 Å². The van der Waals surface area contributed by atoms with Crippen molar-refractivity contribution in [3.63, 3.8) is 0 Å². The van der Waals surface area contributed by atoms with Crippen LogP contribution in [-0.2, 0) is 9.47 Å². The highest BCUT2D eigenvalue weighted by Crippen LogP contribution is 2.12. The van der Waals surface area contributed by atoms with Crippen molar-refractivity contribution in [1.82, 2.24) is 0 Å². The monoisotopic (exact) mass is 276 g/mol. The minimum Gasteiger partial charge on any atom is -0.412 e. The first-order chi connectivity index (χ1) is 8.70. The maximum absolute atomic E-state index is 5.86. The lowest BCUT2D eigenvalue weighted by atomic mass is 10.1. The fourth-order valence-electron chi connectivity index (χ4n) is 1.98. The smallest absolute Gasteiger partial charge is 0.157 e. The van der Waals surface area contributed by atoms with Crippen LogP contribution in [0.15, 0.2) is 0 Å². The summed E-state index contributed by atoms with van der Waals surface area (Å²) in [6.45, 7) is 9.50. The molecule has 1 atom stereocenters. The van der Waals surface area contributed by atoms with Gasteiger partial charge in [0.25, 0.3) is 0 Å². The fraction of sp³-hybridized carbons (Fsp3) is 1.00. The fourth-order valence-corrected chi connectivity index (χ4v) is 1.98. The highest BCUT2D eigenvalue weighted by atomic mass is 16.7. The highest BCUT2D eigenvalue weighted by molar-refractivity contribution is 4.51. The quantitative estimate of drug-likeness (QED) is 0.368. The average molecular weight is 276 g/mol. The molecule has 0 aromatic rings. The zero-order chi connectivity index (χ0) is 13.6. The zero-order valence-electron chi connectivity index (χ0n) is 13.5. The number of hydrogen-bond donors (Lipinski definition) is 0. The topological polar surface area (TPSA) is 50.0 Å². The Balaban J connectivity index is 0. The molecule has 0 rings (SSSR count). The van der Waals surface area contributed by atoms with Crippen molar-refractivity contribution in [3.8, 4) is 0 Å². The van der Waals surface area contributed by atoms with Gasteiger partial charge in [-0.05, 0) is 33.1 Å². The third kappa shape index (κ3) is 15.8. The largest absolute Gasteiger partial charge is 0.412 e. The molecule has 2 N–H and O–H groups in total. The molecule has 0 amide bonds. The zero-order valence-corrected chi connectivity index (χ0v) is 13.5. The molecule has 0 aliphatic carbocycles. The van der Waals surface area contributed by atoms with E-state index in [0.29, 0.717) is 0 Å². The Morgan fingerprint density at radius 3 is 1.89 bits per heavy atom. The highest BCUT2D eigenvalue weighted by Gasteiger charge is 2.10. The number of unbranched alkanes of at least 4 members (excludes halogenated alkanes) is 6. The van der Waals surface area contributed by atoms with Crippen LogP contribution in [-0.4, -0.2) is 24.5 Å². The van der Waals surface area contributed by atoms with Crippen LogP contribution in [0.2, 0.25) is 0 Å². The molecule has 3 nitrogen and oxygen atoms in total. The lowest BCUT2D eigenvalue weighted by Crippen LogP contribution is -2.22. The minimum atomic E-state index is 0. The second kappa shape index (κ2) is 15.9. The summed E-state index contributed by atoms with van der Waals surface area (Å²) in [5, 5.41) is 0. The Kier molecular flexibility index (Phi) is 17.8. The van der Waals surface area contributed by atoms with Crippen LogP contribution in [0.3, 0.4) is 0 Å². The van der Waals surface area contributed by atoms with E-state index in [2.05, 4.69) is 27.7 Å². The summed E-state index contributed by atoms with van der Waals surface area (Å²) in [5.74, 6) is 0. The predicted octanol–water partition coefficient (Wildman–Crippen LogP) is 4.48. The Bertz CT molecular complexity index is 160. The average Bonchev–Trinajstić information content (AvgIpc) is 2.33. The lowest BCUT2D eigenvalue weighted by molar-refractivity contribution is -0.167.